The van der Waals surface area contributed by atoms with Crippen LogP contribution in [0, 0.1) is 0 Å². The Hall–Kier alpha value is -3.95. The van der Waals surface area contributed by atoms with Crippen LogP contribution in [0.1, 0.15) is 129 Å². The fraction of sp³-hybridized carbons (Fsp3) is 0.537. The number of aromatic nitrogens is 3. The van der Waals surface area contributed by atoms with Gasteiger partial charge in [-0.1, -0.05) is 92.6 Å². The number of rotatable bonds is 11. The Morgan fingerprint density at radius 3 is 2.00 bits per heavy atom. The molecule has 4 rings (SSSR count). The van der Waals surface area contributed by atoms with Crippen molar-refractivity contribution < 1.29 is 0 Å². The summed E-state index contributed by atoms with van der Waals surface area (Å²) in [5, 5.41) is 4.36. The Labute approximate surface area is 300 Å². The maximum absolute atomic E-state index is 12.6. The number of nitrogens with two attached hydrogens (primary N) is 3. The minimum Gasteiger partial charge on any atom is -0.370 e. The predicted molar refractivity (Wildman–Crippen MR) is 213 cm³/mol. The fourth-order valence-corrected chi connectivity index (χ4v) is 5.56. The lowest BCUT2D eigenvalue weighted by molar-refractivity contribution is 0.562. The zero-order valence-electron chi connectivity index (χ0n) is 32.6. The van der Waals surface area contributed by atoms with Gasteiger partial charge >= 0.3 is 5.69 Å². The topological polar surface area (TPSA) is 153 Å². The number of fused-ring (bicyclic) bond motifs is 1. The van der Waals surface area contributed by atoms with Crippen LogP contribution in [0.2, 0.25) is 0 Å². The first-order valence-electron chi connectivity index (χ1n) is 18.1. The molecule has 9 heteroatoms. The van der Waals surface area contributed by atoms with Crippen LogP contribution in [0.25, 0.3) is 16.7 Å². The zero-order chi connectivity index (χ0) is 37.4. The third kappa shape index (κ3) is 12.1. The average Bonchev–Trinajstić information content (AvgIpc) is 3.43. The zero-order valence-corrected chi connectivity index (χ0v) is 32.6. The SMILES string of the molecule is C[C@H](N)CCCc1cc(C(C)(C)C)cc(C(C)(C)C)c1.C[C@H](NCCCN=C(N)N)c1ccc(-n2cc3cc(C(C)(C)C)[nH]c3nc2=O)cc1. The van der Waals surface area contributed by atoms with E-state index in [1.807, 2.05) is 30.5 Å². The van der Waals surface area contributed by atoms with Gasteiger partial charge in [-0.3, -0.25) is 9.56 Å². The number of nitrogens with zero attached hydrogens (tertiary/aromatic N) is 3. The molecular formula is C41H64N8O. The molecule has 0 aliphatic carbocycles. The third-order valence-corrected chi connectivity index (χ3v) is 8.92. The molecule has 0 radical (unpaired) electrons. The second-order valence-corrected chi connectivity index (χ2v) is 16.8. The van der Waals surface area contributed by atoms with Gasteiger partial charge in [-0.05, 0) is 97.4 Å². The van der Waals surface area contributed by atoms with E-state index in [9.17, 15) is 4.79 Å². The van der Waals surface area contributed by atoms with Gasteiger partial charge < -0.3 is 27.5 Å². The van der Waals surface area contributed by atoms with Gasteiger partial charge in [0.25, 0.3) is 0 Å². The molecule has 2 heterocycles. The highest BCUT2D eigenvalue weighted by atomic mass is 16.1. The third-order valence-electron chi connectivity index (χ3n) is 8.92. The van der Waals surface area contributed by atoms with Gasteiger partial charge in [0.1, 0.15) is 5.65 Å². The van der Waals surface area contributed by atoms with E-state index in [4.69, 9.17) is 17.2 Å². The Morgan fingerprint density at radius 2 is 1.48 bits per heavy atom. The second kappa shape index (κ2) is 16.8. The van der Waals surface area contributed by atoms with Crippen molar-refractivity contribution in [2.45, 2.75) is 130 Å². The minimum absolute atomic E-state index is 0.0390. The number of H-pyrrole nitrogens is 1. The van der Waals surface area contributed by atoms with E-state index in [2.05, 4.69) is 121 Å². The number of benzene rings is 2. The molecule has 0 unspecified atom stereocenters. The first-order valence-corrected chi connectivity index (χ1v) is 18.1. The van der Waals surface area contributed by atoms with E-state index in [1.165, 1.54) is 23.1 Å². The number of aliphatic imine (C=N–C) groups is 1. The van der Waals surface area contributed by atoms with Crippen molar-refractivity contribution in [2.75, 3.05) is 13.1 Å². The predicted octanol–water partition coefficient (Wildman–Crippen LogP) is 7.28. The molecule has 0 spiro atoms. The summed E-state index contributed by atoms with van der Waals surface area (Å²) >= 11 is 0. The lowest BCUT2D eigenvalue weighted by Gasteiger charge is -2.26. The molecule has 0 fully saturated rings. The van der Waals surface area contributed by atoms with Crippen molar-refractivity contribution in [3.05, 3.63) is 93.2 Å². The van der Waals surface area contributed by atoms with Crippen LogP contribution >= 0.6 is 0 Å². The van der Waals surface area contributed by atoms with E-state index in [0.29, 0.717) is 18.2 Å². The highest BCUT2D eigenvalue weighted by Crippen LogP contribution is 2.31. The van der Waals surface area contributed by atoms with E-state index in [-0.39, 0.29) is 33.9 Å². The monoisotopic (exact) mass is 685 g/mol. The van der Waals surface area contributed by atoms with Crippen LogP contribution in [0.5, 0.6) is 0 Å². The summed E-state index contributed by atoms with van der Waals surface area (Å²) in [6.07, 6.45) is 6.11. The van der Waals surface area contributed by atoms with Crippen LogP contribution in [-0.2, 0) is 22.7 Å². The highest BCUT2D eigenvalue weighted by Gasteiger charge is 2.21. The van der Waals surface area contributed by atoms with Crippen LogP contribution < -0.4 is 28.2 Å². The maximum Gasteiger partial charge on any atom is 0.354 e. The molecule has 8 N–H and O–H groups in total. The average molecular weight is 685 g/mol. The summed E-state index contributed by atoms with van der Waals surface area (Å²) in [5.74, 6) is 0.121. The molecular weight excluding hydrogens is 621 g/mol. The van der Waals surface area contributed by atoms with Crippen LogP contribution in [0.4, 0.5) is 0 Å². The number of nitrogens with one attached hydrogen (secondary N) is 2. The molecule has 0 amide bonds. The molecule has 2 atom stereocenters. The van der Waals surface area contributed by atoms with E-state index < -0.39 is 0 Å². The molecule has 0 saturated heterocycles. The van der Waals surface area contributed by atoms with Crippen LogP contribution in [-0.4, -0.2) is 39.6 Å². The Bertz CT molecular complexity index is 1720. The van der Waals surface area contributed by atoms with Crippen molar-refractivity contribution in [1.82, 2.24) is 19.9 Å². The molecule has 0 bridgehead atoms. The van der Waals surface area contributed by atoms with Gasteiger partial charge in [-0.25, -0.2) is 4.79 Å². The van der Waals surface area contributed by atoms with Crippen molar-refractivity contribution >= 4 is 17.0 Å². The van der Waals surface area contributed by atoms with Gasteiger partial charge in [0.2, 0.25) is 0 Å². The van der Waals surface area contributed by atoms with Gasteiger partial charge in [0, 0.05) is 41.3 Å². The number of aryl methyl sites for hydroxylation is 1. The number of hydrogen-bond acceptors (Lipinski definition) is 5. The molecule has 0 aliphatic heterocycles. The fourth-order valence-electron chi connectivity index (χ4n) is 5.56. The quantitative estimate of drug-likeness (QED) is 0.0636. The van der Waals surface area contributed by atoms with Crippen LogP contribution in [0.15, 0.2) is 64.5 Å². The van der Waals surface area contributed by atoms with Gasteiger partial charge in [-0.15, -0.1) is 0 Å². The summed E-state index contributed by atoms with van der Waals surface area (Å²) in [7, 11) is 0. The largest absolute Gasteiger partial charge is 0.370 e. The molecule has 9 nitrogen and oxygen atoms in total. The van der Waals surface area contributed by atoms with Gasteiger partial charge in [0.15, 0.2) is 5.96 Å². The van der Waals surface area contributed by atoms with Crippen molar-refractivity contribution in [2.24, 2.45) is 22.2 Å². The molecule has 274 valence electrons. The van der Waals surface area contributed by atoms with E-state index in [0.717, 1.165) is 48.1 Å². The summed E-state index contributed by atoms with van der Waals surface area (Å²) < 4.78 is 1.58. The van der Waals surface area contributed by atoms with Crippen molar-refractivity contribution in [3.8, 4) is 5.69 Å². The summed E-state index contributed by atoms with van der Waals surface area (Å²) in [4.78, 5) is 24.0. The molecule has 50 heavy (non-hydrogen) atoms. The first kappa shape index (κ1) is 40.5. The second-order valence-electron chi connectivity index (χ2n) is 16.8. The maximum atomic E-state index is 12.6. The minimum atomic E-state index is -0.302. The van der Waals surface area contributed by atoms with Crippen molar-refractivity contribution in [3.63, 3.8) is 0 Å². The molecule has 0 saturated carbocycles. The van der Waals surface area contributed by atoms with Crippen LogP contribution in [0.3, 0.4) is 0 Å². The summed E-state index contributed by atoms with van der Waals surface area (Å²) in [6, 6.07) is 17.6. The molecule has 2 aromatic carbocycles. The molecule has 0 aliphatic rings. The van der Waals surface area contributed by atoms with E-state index in [1.54, 1.807) is 4.57 Å². The number of aromatic amines is 1. The Morgan fingerprint density at radius 1 is 0.880 bits per heavy atom. The molecule has 2 aromatic heterocycles. The Balaban J connectivity index is 0.000000295. The van der Waals surface area contributed by atoms with E-state index >= 15 is 0 Å². The lowest BCUT2D eigenvalue weighted by Crippen LogP contribution is -2.24. The number of hydrogen-bond donors (Lipinski definition) is 5. The standard InChI is InChI=1S/C22H31N7O.C19H33N/c1-14(25-10-5-11-26-20(23)24)15-6-8-17(9-7-15)29-13-16-12-18(22(2,3)4)27-19(16)28-21(29)30;1-14(20)9-8-10-15-11-16(18(2,3)4)13-17(12-15)19(5,6)7/h6-9,12-14,25H,5,10-11H2,1-4H3,(H4,23,24,26)(H,27,28,30);11-14H,8-10,20H2,1-7H3/t2*14-/m00/s1. The van der Waals surface area contributed by atoms with Gasteiger partial charge in [0.05, 0.1) is 5.69 Å². The first-order chi connectivity index (χ1) is 23.1. The lowest BCUT2D eigenvalue weighted by atomic mass is 9.79. The Kier molecular flexibility index (Phi) is 13.6. The smallest absolute Gasteiger partial charge is 0.354 e. The number of guanidine groups is 1. The molecule has 4 aromatic rings. The highest BCUT2D eigenvalue weighted by molar-refractivity contribution is 5.76. The normalized spacial score (nSPS) is 13.4. The summed E-state index contributed by atoms with van der Waals surface area (Å²) in [5.41, 5.74) is 24.5. The van der Waals surface area contributed by atoms with Gasteiger partial charge in [-0.2, -0.15) is 4.98 Å². The van der Waals surface area contributed by atoms with Crippen molar-refractivity contribution in [1.29, 1.82) is 0 Å². The summed E-state index contributed by atoms with van der Waals surface area (Å²) in [6.45, 7) is 25.7.